The lowest BCUT2D eigenvalue weighted by atomic mass is 10.1. The molecule has 1 N–H and O–H groups in total. The van der Waals surface area contributed by atoms with Crippen molar-refractivity contribution in [1.82, 2.24) is 10.3 Å². The Balaban J connectivity index is 1.78. The van der Waals surface area contributed by atoms with Gasteiger partial charge in [0.2, 0.25) is 5.91 Å². The number of aromatic nitrogens is 1. The van der Waals surface area contributed by atoms with Gasteiger partial charge in [0.1, 0.15) is 0 Å². The van der Waals surface area contributed by atoms with E-state index in [-0.39, 0.29) is 5.91 Å². The minimum absolute atomic E-state index is 0.163. The van der Waals surface area contributed by atoms with Crippen molar-refractivity contribution in [2.45, 2.75) is 31.1 Å². The van der Waals surface area contributed by atoms with Crippen LogP contribution in [0.4, 0.5) is 0 Å². The van der Waals surface area contributed by atoms with Crippen LogP contribution in [-0.2, 0) is 4.79 Å². The molecule has 1 aromatic rings. The third-order valence-electron chi connectivity index (χ3n) is 2.86. The summed E-state index contributed by atoms with van der Waals surface area (Å²) in [5, 5.41) is 6.25. The van der Waals surface area contributed by atoms with E-state index >= 15 is 0 Å². The molecule has 1 aliphatic heterocycles. The van der Waals surface area contributed by atoms with Crippen molar-refractivity contribution in [3.8, 4) is 0 Å². The van der Waals surface area contributed by atoms with E-state index in [9.17, 15) is 4.79 Å². The molecule has 1 atom stereocenters. The molecule has 3 nitrogen and oxygen atoms in total. The van der Waals surface area contributed by atoms with E-state index < -0.39 is 0 Å². The van der Waals surface area contributed by atoms with Crippen molar-refractivity contribution in [2.75, 3.05) is 6.54 Å². The zero-order valence-corrected chi connectivity index (χ0v) is 8.64. The van der Waals surface area contributed by atoms with Gasteiger partial charge in [-0.3, -0.25) is 4.79 Å². The highest BCUT2D eigenvalue weighted by Crippen LogP contribution is 2.42. The predicted molar refractivity (Wildman–Crippen MR) is 54.5 cm³/mol. The minimum Gasteiger partial charge on any atom is -0.355 e. The van der Waals surface area contributed by atoms with Crippen LogP contribution in [0.25, 0.3) is 0 Å². The topological polar surface area (TPSA) is 42.0 Å². The van der Waals surface area contributed by atoms with Crippen molar-refractivity contribution in [3.63, 3.8) is 0 Å². The van der Waals surface area contributed by atoms with Gasteiger partial charge in [-0.1, -0.05) is 0 Å². The van der Waals surface area contributed by atoms with E-state index in [2.05, 4.69) is 15.7 Å². The normalized spacial score (nSPS) is 26.6. The zero-order chi connectivity index (χ0) is 9.54. The highest BCUT2D eigenvalue weighted by atomic mass is 32.1. The smallest absolute Gasteiger partial charge is 0.220 e. The zero-order valence-electron chi connectivity index (χ0n) is 7.82. The van der Waals surface area contributed by atoms with Crippen molar-refractivity contribution < 1.29 is 4.79 Å². The van der Waals surface area contributed by atoms with Crippen LogP contribution in [0.2, 0.25) is 0 Å². The summed E-state index contributed by atoms with van der Waals surface area (Å²) in [6.07, 6.45) is 3.22. The second-order valence-electron chi connectivity index (χ2n) is 4.09. The Morgan fingerprint density at radius 3 is 2.93 bits per heavy atom. The van der Waals surface area contributed by atoms with Crippen molar-refractivity contribution in [3.05, 3.63) is 16.1 Å². The number of nitrogens with zero attached hydrogens (tertiary/aromatic N) is 1. The van der Waals surface area contributed by atoms with E-state index in [1.807, 2.05) is 0 Å². The largest absolute Gasteiger partial charge is 0.355 e. The van der Waals surface area contributed by atoms with Crippen molar-refractivity contribution in [2.24, 2.45) is 0 Å². The Morgan fingerprint density at radius 1 is 1.43 bits per heavy atom. The van der Waals surface area contributed by atoms with E-state index in [1.54, 1.807) is 11.3 Å². The number of carbonyl (C=O) groups is 1. The summed E-state index contributed by atoms with van der Waals surface area (Å²) in [5.74, 6) is 1.22. The molecule has 74 valence electrons. The molecule has 1 saturated heterocycles. The fraction of sp³-hybridized carbons (Fsp3) is 0.600. The van der Waals surface area contributed by atoms with Crippen LogP contribution in [0.5, 0.6) is 0 Å². The first-order valence-electron chi connectivity index (χ1n) is 5.05. The lowest BCUT2D eigenvalue weighted by Gasteiger charge is -2.00. The first-order chi connectivity index (χ1) is 6.83. The number of carbonyl (C=O) groups excluding carboxylic acids is 1. The highest BCUT2D eigenvalue weighted by molar-refractivity contribution is 7.09. The minimum atomic E-state index is 0.163. The third-order valence-corrected chi connectivity index (χ3v) is 3.89. The fourth-order valence-corrected chi connectivity index (χ4v) is 2.89. The van der Waals surface area contributed by atoms with Crippen LogP contribution in [-0.4, -0.2) is 17.4 Å². The molecule has 0 spiro atoms. The maximum absolute atomic E-state index is 11.0. The number of nitrogens with one attached hydrogen (secondary N) is 1. The Kier molecular flexibility index (Phi) is 1.83. The number of amides is 1. The quantitative estimate of drug-likeness (QED) is 0.802. The molecular weight excluding hydrogens is 196 g/mol. The van der Waals surface area contributed by atoms with E-state index in [0.29, 0.717) is 12.3 Å². The molecule has 14 heavy (non-hydrogen) atoms. The third kappa shape index (κ3) is 1.43. The van der Waals surface area contributed by atoms with Crippen molar-refractivity contribution >= 4 is 17.2 Å². The number of thiazole rings is 1. The molecule has 1 amide bonds. The fourth-order valence-electron chi connectivity index (χ4n) is 1.82. The second-order valence-corrected chi connectivity index (χ2v) is 4.98. The molecule has 0 bridgehead atoms. The van der Waals surface area contributed by atoms with Crippen LogP contribution in [0.15, 0.2) is 5.38 Å². The van der Waals surface area contributed by atoms with Gasteiger partial charge in [-0.25, -0.2) is 4.98 Å². The monoisotopic (exact) mass is 208 g/mol. The summed E-state index contributed by atoms with van der Waals surface area (Å²) in [4.78, 5) is 15.7. The number of hydrogen-bond acceptors (Lipinski definition) is 3. The Labute approximate surface area is 86.5 Å². The second kappa shape index (κ2) is 3.05. The molecule has 1 saturated carbocycles. The lowest BCUT2D eigenvalue weighted by Crippen LogP contribution is -2.13. The number of hydrogen-bond donors (Lipinski definition) is 1. The van der Waals surface area contributed by atoms with Crippen LogP contribution in [0.1, 0.15) is 41.8 Å². The summed E-state index contributed by atoms with van der Waals surface area (Å²) >= 11 is 1.76. The van der Waals surface area contributed by atoms with Gasteiger partial charge < -0.3 is 5.32 Å². The van der Waals surface area contributed by atoms with Crippen molar-refractivity contribution in [1.29, 1.82) is 0 Å². The SMILES string of the molecule is O=C1CC(c2csc(C3CC3)n2)CN1. The average molecular weight is 208 g/mol. The summed E-state index contributed by atoms with van der Waals surface area (Å²) in [7, 11) is 0. The van der Waals surface area contributed by atoms with Gasteiger partial charge in [-0.05, 0) is 12.8 Å². The Hall–Kier alpha value is -0.900. The summed E-state index contributed by atoms with van der Waals surface area (Å²) in [6.45, 7) is 0.771. The van der Waals surface area contributed by atoms with Gasteiger partial charge in [-0.15, -0.1) is 11.3 Å². The molecule has 2 heterocycles. The predicted octanol–water partition coefficient (Wildman–Crippen LogP) is 1.62. The lowest BCUT2D eigenvalue weighted by molar-refractivity contribution is -0.119. The molecule has 1 unspecified atom stereocenters. The van der Waals surface area contributed by atoms with E-state index in [0.717, 1.165) is 18.2 Å². The molecule has 0 aromatic carbocycles. The van der Waals surface area contributed by atoms with Crippen LogP contribution in [0.3, 0.4) is 0 Å². The van der Waals surface area contributed by atoms with E-state index in [4.69, 9.17) is 0 Å². The maximum atomic E-state index is 11.0. The summed E-state index contributed by atoms with van der Waals surface area (Å²) < 4.78 is 0. The van der Waals surface area contributed by atoms with Crippen LogP contribution in [0, 0.1) is 0 Å². The Morgan fingerprint density at radius 2 is 2.29 bits per heavy atom. The summed E-state index contributed by atoms with van der Waals surface area (Å²) in [6, 6.07) is 0. The first-order valence-corrected chi connectivity index (χ1v) is 5.93. The molecule has 0 radical (unpaired) electrons. The highest BCUT2D eigenvalue weighted by Gasteiger charge is 2.29. The van der Waals surface area contributed by atoms with E-state index in [1.165, 1.54) is 17.8 Å². The molecule has 3 rings (SSSR count). The summed E-state index contributed by atoms with van der Waals surface area (Å²) in [5.41, 5.74) is 1.12. The maximum Gasteiger partial charge on any atom is 0.220 e. The van der Waals surface area contributed by atoms with Gasteiger partial charge in [0.15, 0.2) is 0 Å². The average Bonchev–Trinajstić information content (AvgIpc) is 2.76. The standard InChI is InChI=1S/C10H12N2OS/c13-9-3-7(4-11-9)8-5-14-10(12-8)6-1-2-6/h5-7H,1-4H2,(H,11,13). The van der Waals surface area contributed by atoms with Gasteiger partial charge in [0.05, 0.1) is 10.7 Å². The van der Waals surface area contributed by atoms with Gasteiger partial charge in [0, 0.05) is 30.2 Å². The molecule has 2 fully saturated rings. The first kappa shape index (κ1) is 8.41. The van der Waals surface area contributed by atoms with Crippen LogP contribution >= 0.6 is 11.3 Å². The number of rotatable bonds is 2. The molecule has 4 heteroatoms. The van der Waals surface area contributed by atoms with Crippen LogP contribution < -0.4 is 5.32 Å². The molecule has 2 aliphatic rings. The van der Waals surface area contributed by atoms with Gasteiger partial charge in [0.25, 0.3) is 0 Å². The molecule has 1 aliphatic carbocycles. The van der Waals surface area contributed by atoms with Gasteiger partial charge >= 0.3 is 0 Å². The Bertz CT molecular complexity index is 370. The molecule has 1 aromatic heterocycles. The molecular formula is C10H12N2OS. The van der Waals surface area contributed by atoms with Gasteiger partial charge in [-0.2, -0.15) is 0 Å².